The van der Waals surface area contributed by atoms with E-state index in [9.17, 15) is 9.59 Å². The molecule has 3 N–H and O–H groups in total. The molecule has 0 spiro atoms. The fourth-order valence-corrected chi connectivity index (χ4v) is 2.27. The third-order valence-corrected chi connectivity index (χ3v) is 3.38. The van der Waals surface area contributed by atoms with Gasteiger partial charge in [0.1, 0.15) is 0 Å². The van der Waals surface area contributed by atoms with Gasteiger partial charge in [-0.2, -0.15) is 0 Å². The monoisotopic (exact) mass is 261 g/mol. The van der Waals surface area contributed by atoms with Gasteiger partial charge in [0, 0.05) is 32.1 Å². The number of aryl methyl sites for hydroxylation is 1. The first kappa shape index (κ1) is 13.4. The highest BCUT2D eigenvalue weighted by Crippen LogP contribution is 2.13. The number of para-hydroxylation sites is 1. The highest BCUT2D eigenvalue weighted by Gasteiger charge is 2.27. The molecule has 2 rings (SSSR count). The molecule has 2 amide bonds. The highest BCUT2D eigenvalue weighted by molar-refractivity contribution is 5.82. The van der Waals surface area contributed by atoms with E-state index in [-0.39, 0.29) is 17.9 Å². The van der Waals surface area contributed by atoms with Gasteiger partial charge >= 0.3 is 0 Å². The van der Waals surface area contributed by atoms with E-state index in [1.165, 1.54) is 0 Å². The molecule has 1 atom stereocenters. The Balaban J connectivity index is 1.79. The Morgan fingerprint density at radius 1 is 1.47 bits per heavy atom. The summed E-state index contributed by atoms with van der Waals surface area (Å²) < 4.78 is 0. The number of nitrogens with two attached hydrogens (primary N) is 1. The molecule has 1 aromatic carbocycles. The van der Waals surface area contributed by atoms with Crippen molar-refractivity contribution in [3.8, 4) is 0 Å². The number of nitrogens with one attached hydrogen (secondary N) is 1. The first-order chi connectivity index (χ1) is 9.06. The van der Waals surface area contributed by atoms with Crippen LogP contribution in [0.1, 0.15) is 18.4 Å². The number of anilines is 1. The summed E-state index contributed by atoms with van der Waals surface area (Å²) >= 11 is 0. The van der Waals surface area contributed by atoms with Crippen LogP contribution in [0.25, 0.3) is 0 Å². The van der Waals surface area contributed by atoms with Crippen LogP contribution in [0.2, 0.25) is 0 Å². The molecule has 19 heavy (non-hydrogen) atoms. The molecule has 0 radical (unpaired) electrons. The molecule has 0 bridgehead atoms. The summed E-state index contributed by atoms with van der Waals surface area (Å²) in [5.74, 6) is 0.0500. The van der Waals surface area contributed by atoms with Gasteiger partial charge in [0.05, 0.1) is 6.04 Å². The van der Waals surface area contributed by atoms with E-state index in [1.54, 1.807) is 11.9 Å². The molecule has 1 fully saturated rings. The SMILES string of the molecule is CN1CC(NC(=O)CCc2ccccc2N)CC1=O. The van der Waals surface area contributed by atoms with Crippen molar-refractivity contribution in [1.82, 2.24) is 10.2 Å². The maximum Gasteiger partial charge on any atom is 0.224 e. The number of hydrogen-bond acceptors (Lipinski definition) is 3. The molecule has 102 valence electrons. The van der Waals surface area contributed by atoms with Gasteiger partial charge in [-0.15, -0.1) is 0 Å². The Labute approximate surface area is 112 Å². The van der Waals surface area contributed by atoms with Crippen molar-refractivity contribution in [2.75, 3.05) is 19.3 Å². The lowest BCUT2D eigenvalue weighted by Gasteiger charge is -2.12. The van der Waals surface area contributed by atoms with E-state index in [1.807, 2.05) is 24.3 Å². The molecule has 0 aliphatic carbocycles. The van der Waals surface area contributed by atoms with Crippen molar-refractivity contribution in [2.24, 2.45) is 0 Å². The van der Waals surface area contributed by atoms with Gasteiger partial charge in [-0.1, -0.05) is 18.2 Å². The van der Waals surface area contributed by atoms with Crippen LogP contribution in [0.5, 0.6) is 0 Å². The van der Waals surface area contributed by atoms with Crippen LogP contribution in [0, 0.1) is 0 Å². The largest absolute Gasteiger partial charge is 0.399 e. The Morgan fingerprint density at radius 2 is 2.21 bits per heavy atom. The fourth-order valence-electron chi connectivity index (χ4n) is 2.27. The molecule has 0 aromatic heterocycles. The van der Waals surface area contributed by atoms with Crippen molar-refractivity contribution in [3.63, 3.8) is 0 Å². The average Bonchev–Trinajstić information content (AvgIpc) is 2.67. The van der Waals surface area contributed by atoms with Crippen LogP contribution < -0.4 is 11.1 Å². The highest BCUT2D eigenvalue weighted by atomic mass is 16.2. The number of likely N-dealkylation sites (tertiary alicyclic amines) is 1. The van der Waals surface area contributed by atoms with Gasteiger partial charge in [-0.3, -0.25) is 9.59 Å². The fraction of sp³-hybridized carbons (Fsp3) is 0.429. The number of amides is 2. The zero-order valence-corrected chi connectivity index (χ0v) is 11.1. The van der Waals surface area contributed by atoms with Crippen LogP contribution in [-0.4, -0.2) is 36.3 Å². The molecular weight excluding hydrogens is 242 g/mol. The van der Waals surface area contributed by atoms with Crippen molar-refractivity contribution in [3.05, 3.63) is 29.8 Å². The number of likely N-dealkylation sites (N-methyl/N-ethyl adjacent to an activating group) is 1. The normalized spacial score (nSPS) is 18.7. The van der Waals surface area contributed by atoms with Crippen LogP contribution in [0.15, 0.2) is 24.3 Å². The topological polar surface area (TPSA) is 75.4 Å². The maximum absolute atomic E-state index is 11.8. The molecule has 1 aliphatic rings. The second kappa shape index (κ2) is 5.73. The molecule has 1 saturated heterocycles. The first-order valence-corrected chi connectivity index (χ1v) is 6.43. The summed E-state index contributed by atoms with van der Waals surface area (Å²) in [5, 5.41) is 2.89. The van der Waals surface area contributed by atoms with Crippen molar-refractivity contribution >= 4 is 17.5 Å². The van der Waals surface area contributed by atoms with E-state index in [0.717, 1.165) is 5.56 Å². The second-order valence-electron chi connectivity index (χ2n) is 4.94. The summed E-state index contributed by atoms with van der Waals surface area (Å²) in [6, 6.07) is 7.48. The van der Waals surface area contributed by atoms with E-state index in [4.69, 9.17) is 5.73 Å². The standard InChI is InChI=1S/C14H19N3O2/c1-17-9-11(8-14(17)19)16-13(18)7-6-10-4-2-3-5-12(10)15/h2-5,11H,6-9,15H2,1H3,(H,16,18). The molecule has 5 nitrogen and oxygen atoms in total. The van der Waals surface area contributed by atoms with Gasteiger partial charge in [0.15, 0.2) is 0 Å². The van der Waals surface area contributed by atoms with E-state index >= 15 is 0 Å². The molecule has 1 aromatic rings. The maximum atomic E-state index is 11.8. The van der Waals surface area contributed by atoms with Gasteiger partial charge in [-0.25, -0.2) is 0 Å². The minimum atomic E-state index is -0.0573. The predicted molar refractivity (Wildman–Crippen MR) is 73.4 cm³/mol. The Kier molecular flexibility index (Phi) is 4.04. The average molecular weight is 261 g/mol. The Morgan fingerprint density at radius 3 is 2.84 bits per heavy atom. The number of nitrogen functional groups attached to an aromatic ring is 1. The Bertz CT molecular complexity index is 487. The summed E-state index contributed by atoms with van der Waals surface area (Å²) in [5.41, 5.74) is 7.52. The Hall–Kier alpha value is -2.04. The smallest absolute Gasteiger partial charge is 0.224 e. The first-order valence-electron chi connectivity index (χ1n) is 6.43. The summed E-state index contributed by atoms with van der Waals surface area (Å²) in [4.78, 5) is 24.8. The van der Waals surface area contributed by atoms with E-state index < -0.39 is 0 Å². The number of nitrogens with zero attached hydrogens (tertiary/aromatic N) is 1. The third-order valence-electron chi connectivity index (χ3n) is 3.38. The summed E-state index contributed by atoms with van der Waals surface area (Å²) in [6.07, 6.45) is 1.41. The molecule has 1 aliphatic heterocycles. The van der Waals surface area contributed by atoms with Gasteiger partial charge in [0.25, 0.3) is 0 Å². The molecule has 1 unspecified atom stereocenters. The number of carbonyl (C=O) groups is 2. The van der Waals surface area contributed by atoms with E-state index in [0.29, 0.717) is 31.5 Å². The van der Waals surface area contributed by atoms with Crippen LogP contribution in [0.4, 0.5) is 5.69 Å². The minimum absolute atomic E-state index is 0.0312. The zero-order valence-electron chi connectivity index (χ0n) is 11.1. The van der Waals surface area contributed by atoms with Gasteiger partial charge in [0.2, 0.25) is 11.8 Å². The molecule has 1 heterocycles. The van der Waals surface area contributed by atoms with Gasteiger partial charge in [-0.05, 0) is 18.1 Å². The van der Waals surface area contributed by atoms with Crippen molar-refractivity contribution in [2.45, 2.75) is 25.3 Å². The predicted octanol–water partition coefficient (Wildman–Crippen LogP) is 0.548. The van der Waals surface area contributed by atoms with Gasteiger partial charge < -0.3 is 16.0 Å². The molecular formula is C14H19N3O2. The number of benzene rings is 1. The number of carbonyl (C=O) groups excluding carboxylic acids is 2. The van der Waals surface area contributed by atoms with Crippen molar-refractivity contribution in [1.29, 1.82) is 0 Å². The van der Waals surface area contributed by atoms with Crippen LogP contribution in [0.3, 0.4) is 0 Å². The second-order valence-corrected chi connectivity index (χ2v) is 4.94. The molecule has 5 heteroatoms. The molecule has 0 saturated carbocycles. The lowest BCUT2D eigenvalue weighted by Crippen LogP contribution is -2.36. The summed E-state index contributed by atoms with van der Waals surface area (Å²) in [6.45, 7) is 0.595. The quantitative estimate of drug-likeness (QED) is 0.777. The van der Waals surface area contributed by atoms with E-state index in [2.05, 4.69) is 5.32 Å². The number of hydrogen-bond donors (Lipinski definition) is 2. The van der Waals surface area contributed by atoms with Crippen molar-refractivity contribution < 1.29 is 9.59 Å². The van der Waals surface area contributed by atoms with Crippen LogP contribution >= 0.6 is 0 Å². The van der Waals surface area contributed by atoms with Crippen LogP contribution in [-0.2, 0) is 16.0 Å². The zero-order chi connectivity index (χ0) is 13.8. The number of rotatable bonds is 4. The minimum Gasteiger partial charge on any atom is -0.399 e. The lowest BCUT2D eigenvalue weighted by molar-refractivity contribution is -0.126. The lowest BCUT2D eigenvalue weighted by atomic mass is 10.1. The summed E-state index contributed by atoms with van der Waals surface area (Å²) in [7, 11) is 1.75. The third kappa shape index (κ3) is 3.47.